The van der Waals surface area contributed by atoms with Crippen molar-refractivity contribution < 1.29 is 9.53 Å². The average molecular weight is 365 g/mol. The topological polar surface area (TPSA) is 55.3 Å². The highest BCUT2D eigenvalue weighted by Crippen LogP contribution is 2.34. The number of piperidine rings is 1. The molecule has 2 aromatic rings. The molecule has 2 aliphatic rings. The zero-order valence-corrected chi connectivity index (χ0v) is 16.1. The number of aromatic nitrogens is 2. The Bertz CT molecular complexity index is 830. The predicted octanol–water partition coefficient (Wildman–Crippen LogP) is 3.50. The van der Waals surface area contributed by atoms with E-state index in [4.69, 9.17) is 9.72 Å². The number of likely N-dealkylation sites (tertiary alicyclic amines) is 1. The van der Waals surface area contributed by atoms with Crippen LogP contribution in [0, 0.1) is 19.8 Å². The lowest BCUT2D eigenvalue weighted by Crippen LogP contribution is -2.42. The molecule has 1 amide bonds. The molecule has 1 aromatic carbocycles. The molecule has 2 aliphatic heterocycles. The molecule has 0 spiro atoms. The SMILES string of the molecule is Cc1cccc(-c2cnc(C)nc2C2CCCN(C(=O)C3CCOC3)C2)c1. The molecule has 0 N–H and O–H groups in total. The Morgan fingerprint density at radius 2 is 2.15 bits per heavy atom. The number of aryl methyl sites for hydroxylation is 2. The maximum atomic E-state index is 12.9. The number of ether oxygens (including phenoxy) is 1. The number of amides is 1. The van der Waals surface area contributed by atoms with Crippen molar-refractivity contribution in [3.05, 3.63) is 47.5 Å². The van der Waals surface area contributed by atoms with Gasteiger partial charge in [0, 0.05) is 37.4 Å². The van der Waals surface area contributed by atoms with Gasteiger partial charge in [-0.1, -0.05) is 29.8 Å². The Morgan fingerprint density at radius 1 is 1.26 bits per heavy atom. The zero-order valence-electron chi connectivity index (χ0n) is 16.1. The van der Waals surface area contributed by atoms with Gasteiger partial charge in [0.25, 0.3) is 0 Å². The second-order valence-electron chi connectivity index (χ2n) is 7.77. The van der Waals surface area contributed by atoms with E-state index < -0.39 is 0 Å². The summed E-state index contributed by atoms with van der Waals surface area (Å²) in [5, 5.41) is 0. The molecule has 2 unspecified atom stereocenters. The minimum Gasteiger partial charge on any atom is -0.381 e. The minimum absolute atomic E-state index is 0.0344. The molecule has 2 fully saturated rings. The summed E-state index contributed by atoms with van der Waals surface area (Å²) >= 11 is 0. The molecule has 2 saturated heterocycles. The first kappa shape index (κ1) is 18.1. The van der Waals surface area contributed by atoms with E-state index in [-0.39, 0.29) is 17.7 Å². The largest absolute Gasteiger partial charge is 0.381 e. The van der Waals surface area contributed by atoms with Crippen LogP contribution in [0.25, 0.3) is 11.1 Å². The van der Waals surface area contributed by atoms with Crippen molar-refractivity contribution in [3.63, 3.8) is 0 Å². The normalized spacial score (nSPS) is 22.8. The Balaban J connectivity index is 1.62. The molecule has 0 bridgehead atoms. The predicted molar refractivity (Wildman–Crippen MR) is 104 cm³/mol. The highest BCUT2D eigenvalue weighted by molar-refractivity contribution is 5.79. The maximum absolute atomic E-state index is 12.9. The molecule has 5 nitrogen and oxygen atoms in total. The molecule has 1 aromatic heterocycles. The Labute approximate surface area is 160 Å². The number of nitrogens with zero attached hydrogens (tertiary/aromatic N) is 3. The van der Waals surface area contributed by atoms with Gasteiger partial charge >= 0.3 is 0 Å². The summed E-state index contributed by atoms with van der Waals surface area (Å²) in [6.45, 7) is 6.89. The van der Waals surface area contributed by atoms with Gasteiger partial charge in [0.2, 0.25) is 5.91 Å². The fraction of sp³-hybridized carbons (Fsp3) is 0.500. The summed E-state index contributed by atoms with van der Waals surface area (Å²) in [4.78, 5) is 24.2. The van der Waals surface area contributed by atoms with Gasteiger partial charge in [-0.15, -0.1) is 0 Å². The van der Waals surface area contributed by atoms with Gasteiger partial charge in [-0.3, -0.25) is 4.79 Å². The van der Waals surface area contributed by atoms with Gasteiger partial charge in [0.15, 0.2) is 0 Å². The van der Waals surface area contributed by atoms with Crippen LogP contribution in [0.2, 0.25) is 0 Å². The van der Waals surface area contributed by atoms with Crippen molar-refractivity contribution in [2.24, 2.45) is 5.92 Å². The molecule has 5 heteroatoms. The van der Waals surface area contributed by atoms with Gasteiger partial charge in [-0.05, 0) is 38.7 Å². The lowest BCUT2D eigenvalue weighted by molar-refractivity contribution is -0.136. The van der Waals surface area contributed by atoms with Crippen molar-refractivity contribution in [2.45, 2.75) is 39.0 Å². The van der Waals surface area contributed by atoms with Crippen LogP contribution in [0.4, 0.5) is 0 Å². The number of hydrogen-bond acceptors (Lipinski definition) is 4. The first-order valence-electron chi connectivity index (χ1n) is 9.89. The van der Waals surface area contributed by atoms with Crippen molar-refractivity contribution >= 4 is 5.91 Å². The molecule has 0 aliphatic carbocycles. The summed E-state index contributed by atoms with van der Waals surface area (Å²) in [7, 11) is 0. The summed E-state index contributed by atoms with van der Waals surface area (Å²) in [6, 6.07) is 8.47. The van der Waals surface area contributed by atoms with Gasteiger partial charge in [0.1, 0.15) is 5.82 Å². The summed E-state index contributed by atoms with van der Waals surface area (Å²) in [5.41, 5.74) is 4.54. The van der Waals surface area contributed by atoms with E-state index in [0.717, 1.165) is 55.0 Å². The third-order valence-electron chi connectivity index (χ3n) is 5.67. The number of benzene rings is 1. The van der Waals surface area contributed by atoms with Crippen LogP contribution >= 0.6 is 0 Å². The minimum atomic E-state index is 0.0344. The molecule has 4 rings (SSSR count). The highest BCUT2D eigenvalue weighted by Gasteiger charge is 2.33. The van der Waals surface area contributed by atoms with Gasteiger partial charge < -0.3 is 9.64 Å². The molecule has 2 atom stereocenters. The van der Waals surface area contributed by atoms with Crippen molar-refractivity contribution in [2.75, 3.05) is 26.3 Å². The fourth-order valence-corrected chi connectivity index (χ4v) is 4.22. The van der Waals surface area contributed by atoms with Crippen LogP contribution in [-0.4, -0.2) is 47.1 Å². The van der Waals surface area contributed by atoms with E-state index in [2.05, 4.69) is 36.2 Å². The highest BCUT2D eigenvalue weighted by atomic mass is 16.5. The summed E-state index contributed by atoms with van der Waals surface area (Å²) < 4.78 is 5.42. The molecule has 142 valence electrons. The average Bonchev–Trinajstić information content (AvgIpc) is 3.22. The Morgan fingerprint density at radius 3 is 2.93 bits per heavy atom. The van der Waals surface area contributed by atoms with E-state index in [9.17, 15) is 4.79 Å². The third-order valence-corrected chi connectivity index (χ3v) is 5.67. The second kappa shape index (κ2) is 7.77. The molecule has 0 radical (unpaired) electrons. The molecule has 3 heterocycles. The zero-order chi connectivity index (χ0) is 18.8. The van der Waals surface area contributed by atoms with Gasteiger partial charge in [-0.25, -0.2) is 9.97 Å². The summed E-state index contributed by atoms with van der Waals surface area (Å²) in [5.74, 6) is 1.32. The van der Waals surface area contributed by atoms with Gasteiger partial charge in [-0.2, -0.15) is 0 Å². The third kappa shape index (κ3) is 3.88. The van der Waals surface area contributed by atoms with Crippen LogP contribution in [0.15, 0.2) is 30.5 Å². The van der Waals surface area contributed by atoms with Crippen LogP contribution in [-0.2, 0) is 9.53 Å². The van der Waals surface area contributed by atoms with Crippen molar-refractivity contribution in [1.29, 1.82) is 0 Å². The van der Waals surface area contributed by atoms with Crippen molar-refractivity contribution in [1.82, 2.24) is 14.9 Å². The quantitative estimate of drug-likeness (QED) is 0.835. The lowest BCUT2D eigenvalue weighted by Gasteiger charge is -2.34. The van der Waals surface area contributed by atoms with E-state index >= 15 is 0 Å². The number of carbonyl (C=O) groups is 1. The number of rotatable bonds is 3. The lowest BCUT2D eigenvalue weighted by atomic mass is 9.89. The first-order chi connectivity index (χ1) is 13.1. The second-order valence-corrected chi connectivity index (χ2v) is 7.77. The first-order valence-corrected chi connectivity index (χ1v) is 9.89. The van der Waals surface area contributed by atoms with E-state index in [1.807, 2.05) is 18.0 Å². The monoisotopic (exact) mass is 365 g/mol. The smallest absolute Gasteiger partial charge is 0.228 e. The standard InChI is InChI=1S/C22H27N3O2/c1-15-5-3-6-17(11-15)20-12-23-16(2)24-21(20)18-7-4-9-25(13-18)22(26)19-8-10-27-14-19/h3,5-6,11-12,18-19H,4,7-10,13-14H2,1-2H3. The van der Waals surface area contributed by atoms with Crippen molar-refractivity contribution in [3.8, 4) is 11.1 Å². The van der Waals surface area contributed by atoms with Gasteiger partial charge in [0.05, 0.1) is 18.2 Å². The van der Waals surface area contributed by atoms with Crippen LogP contribution in [0.5, 0.6) is 0 Å². The molecular weight excluding hydrogens is 338 g/mol. The van der Waals surface area contributed by atoms with E-state index in [0.29, 0.717) is 13.2 Å². The fourth-order valence-electron chi connectivity index (χ4n) is 4.22. The maximum Gasteiger partial charge on any atom is 0.228 e. The number of hydrogen-bond donors (Lipinski definition) is 0. The van der Waals surface area contributed by atoms with Crippen LogP contribution in [0.3, 0.4) is 0 Å². The summed E-state index contributed by atoms with van der Waals surface area (Å²) in [6.07, 6.45) is 4.86. The van der Waals surface area contributed by atoms with Crippen LogP contribution < -0.4 is 0 Å². The number of carbonyl (C=O) groups excluding carboxylic acids is 1. The van der Waals surface area contributed by atoms with E-state index in [1.165, 1.54) is 5.56 Å². The van der Waals surface area contributed by atoms with E-state index in [1.54, 1.807) is 0 Å². The molecule has 27 heavy (non-hydrogen) atoms. The van der Waals surface area contributed by atoms with Crippen LogP contribution in [0.1, 0.15) is 42.3 Å². The Hall–Kier alpha value is -2.27. The Kier molecular flexibility index (Phi) is 5.21. The molecule has 0 saturated carbocycles. The molecular formula is C22H27N3O2.